The van der Waals surface area contributed by atoms with Crippen LogP contribution in [0.1, 0.15) is 85.4 Å². The molecule has 3 N–H and O–H groups in total. The first-order valence-corrected chi connectivity index (χ1v) is 24.6. The predicted molar refractivity (Wildman–Crippen MR) is 236 cm³/mol. The van der Waals surface area contributed by atoms with E-state index in [1.165, 1.54) is 17.7 Å². The SMILES string of the molecule is Cc1cc(F)cc(C2(O)CCN(c3nc4c(c(NC5CCOCC5)n3)S(=O)CC4)CC2)c1.O=S1CCc2nc(N3CCC(c4ccccc4)CC3)nc(NC3CCOCC3)c21. The summed E-state index contributed by atoms with van der Waals surface area (Å²) in [6.45, 7) is 7.84. The topological polar surface area (TPSA) is 155 Å². The zero-order valence-corrected chi connectivity index (χ0v) is 36.6. The van der Waals surface area contributed by atoms with E-state index < -0.39 is 27.2 Å². The second-order valence-corrected chi connectivity index (χ2v) is 20.2. The number of nitrogens with zero attached hydrogens (tertiary/aromatic N) is 6. The molecule has 8 heterocycles. The zero-order chi connectivity index (χ0) is 41.9. The van der Waals surface area contributed by atoms with Gasteiger partial charge in [0.2, 0.25) is 11.9 Å². The third-order valence-electron chi connectivity index (χ3n) is 13.0. The number of nitrogens with one attached hydrogen (secondary N) is 2. The minimum atomic E-state index is -1.08. The molecule has 2 atom stereocenters. The van der Waals surface area contributed by atoms with Crippen LogP contribution in [0, 0.1) is 12.7 Å². The van der Waals surface area contributed by atoms with Crippen molar-refractivity contribution in [1.82, 2.24) is 19.9 Å². The second-order valence-electron chi connectivity index (χ2n) is 17.2. The fourth-order valence-corrected chi connectivity index (χ4v) is 12.1. The molecule has 4 fully saturated rings. The van der Waals surface area contributed by atoms with Gasteiger partial charge < -0.3 is 35.0 Å². The van der Waals surface area contributed by atoms with Crippen molar-refractivity contribution in [2.45, 2.75) is 105 Å². The van der Waals surface area contributed by atoms with Crippen LogP contribution in [-0.2, 0) is 49.5 Å². The van der Waals surface area contributed by atoms with Crippen molar-refractivity contribution in [3.63, 3.8) is 0 Å². The normalized spacial score (nSPS) is 23.2. The van der Waals surface area contributed by atoms with Crippen molar-refractivity contribution < 1.29 is 27.4 Å². The van der Waals surface area contributed by atoms with E-state index in [2.05, 4.69) is 50.8 Å². The maximum Gasteiger partial charge on any atom is 0.227 e. The van der Waals surface area contributed by atoms with Crippen molar-refractivity contribution in [3.8, 4) is 0 Å². The predicted octanol–water partition coefficient (Wildman–Crippen LogP) is 5.78. The first-order chi connectivity index (χ1) is 29.7. The number of aliphatic hydroxyl groups is 1. The molecule has 0 saturated carbocycles. The molecule has 0 spiro atoms. The first kappa shape index (κ1) is 42.2. The summed E-state index contributed by atoms with van der Waals surface area (Å²) in [6, 6.07) is 16.1. The fourth-order valence-electron chi connectivity index (χ4n) is 9.43. The van der Waals surface area contributed by atoms with Gasteiger partial charge in [0, 0.05) is 89.0 Å². The van der Waals surface area contributed by atoms with Crippen molar-refractivity contribution in [2.24, 2.45) is 0 Å². The van der Waals surface area contributed by atoms with E-state index in [0.717, 1.165) is 110 Å². The average molecular weight is 873 g/mol. The molecule has 326 valence electrons. The van der Waals surface area contributed by atoms with Crippen molar-refractivity contribution in [1.29, 1.82) is 0 Å². The molecule has 2 aromatic carbocycles. The second kappa shape index (κ2) is 18.7. The van der Waals surface area contributed by atoms with Crippen molar-refractivity contribution in [3.05, 3.63) is 82.4 Å². The molecular formula is C45H57FN8O5S2. The Morgan fingerprint density at radius 2 is 1.21 bits per heavy atom. The molecule has 6 aliphatic rings. The molecule has 10 rings (SSSR count). The highest BCUT2D eigenvalue weighted by Gasteiger charge is 2.37. The highest BCUT2D eigenvalue weighted by molar-refractivity contribution is 7.85. The molecule has 0 aliphatic carbocycles. The molecular weight excluding hydrogens is 816 g/mol. The maximum absolute atomic E-state index is 13.9. The van der Waals surface area contributed by atoms with E-state index in [-0.39, 0.29) is 11.9 Å². The lowest BCUT2D eigenvalue weighted by Crippen LogP contribution is -2.43. The highest BCUT2D eigenvalue weighted by atomic mass is 32.2. The fraction of sp³-hybridized carbons (Fsp3) is 0.556. The Balaban J connectivity index is 0.000000157. The van der Waals surface area contributed by atoms with Gasteiger partial charge in [0.05, 0.1) is 38.6 Å². The van der Waals surface area contributed by atoms with Crippen LogP contribution in [0.4, 0.5) is 27.9 Å². The lowest BCUT2D eigenvalue weighted by atomic mass is 9.84. The van der Waals surface area contributed by atoms with E-state index in [1.54, 1.807) is 0 Å². The van der Waals surface area contributed by atoms with Crippen LogP contribution in [0.2, 0.25) is 0 Å². The Bertz CT molecular complexity index is 2210. The van der Waals surface area contributed by atoms with E-state index in [0.29, 0.717) is 86.4 Å². The minimum Gasteiger partial charge on any atom is -0.385 e. The van der Waals surface area contributed by atoms with Gasteiger partial charge in [-0.2, -0.15) is 9.97 Å². The summed E-state index contributed by atoms with van der Waals surface area (Å²) >= 11 is 0. The zero-order valence-electron chi connectivity index (χ0n) is 35.0. The van der Waals surface area contributed by atoms with Gasteiger partial charge in [0.25, 0.3) is 0 Å². The van der Waals surface area contributed by atoms with Crippen LogP contribution < -0.4 is 20.4 Å². The van der Waals surface area contributed by atoms with Crippen LogP contribution in [-0.4, -0.2) is 110 Å². The van der Waals surface area contributed by atoms with Crippen molar-refractivity contribution >= 4 is 45.1 Å². The molecule has 0 radical (unpaired) electrons. The molecule has 13 nitrogen and oxygen atoms in total. The van der Waals surface area contributed by atoms with Gasteiger partial charge >= 0.3 is 0 Å². The lowest BCUT2D eigenvalue weighted by Gasteiger charge is -2.39. The lowest BCUT2D eigenvalue weighted by molar-refractivity contribution is 0.0112. The van der Waals surface area contributed by atoms with Crippen LogP contribution in [0.5, 0.6) is 0 Å². The summed E-state index contributed by atoms with van der Waals surface area (Å²) in [5, 5.41) is 18.3. The molecule has 6 aliphatic heterocycles. The number of aryl methyl sites for hydroxylation is 3. The number of anilines is 4. The summed E-state index contributed by atoms with van der Waals surface area (Å²) in [5.74, 6) is 4.38. The van der Waals surface area contributed by atoms with Gasteiger partial charge in [0.1, 0.15) is 27.2 Å². The summed E-state index contributed by atoms with van der Waals surface area (Å²) in [7, 11) is -2.08. The Morgan fingerprint density at radius 1 is 0.705 bits per heavy atom. The van der Waals surface area contributed by atoms with Gasteiger partial charge in [-0.3, -0.25) is 8.42 Å². The van der Waals surface area contributed by atoms with E-state index in [9.17, 15) is 17.9 Å². The Hall–Kier alpha value is -4.09. The van der Waals surface area contributed by atoms with Crippen LogP contribution in [0.25, 0.3) is 0 Å². The highest BCUT2D eigenvalue weighted by Crippen LogP contribution is 2.38. The number of fused-ring (bicyclic) bond motifs is 2. The van der Waals surface area contributed by atoms with Gasteiger partial charge in [-0.25, -0.2) is 14.4 Å². The number of piperidine rings is 2. The molecule has 4 aromatic rings. The van der Waals surface area contributed by atoms with Gasteiger partial charge in [-0.1, -0.05) is 36.4 Å². The number of benzene rings is 2. The Labute approximate surface area is 362 Å². The minimum absolute atomic E-state index is 0.246. The molecule has 16 heteroatoms. The first-order valence-electron chi connectivity index (χ1n) is 22.0. The van der Waals surface area contributed by atoms with E-state index in [4.69, 9.17) is 29.4 Å². The third-order valence-corrected chi connectivity index (χ3v) is 15.9. The maximum atomic E-state index is 13.9. The monoisotopic (exact) mass is 872 g/mol. The number of rotatable bonds is 8. The average Bonchev–Trinajstić information content (AvgIpc) is 3.86. The van der Waals surface area contributed by atoms with E-state index in [1.807, 2.05) is 13.0 Å². The number of aromatic nitrogens is 4. The van der Waals surface area contributed by atoms with Crippen LogP contribution in [0.15, 0.2) is 58.3 Å². The van der Waals surface area contributed by atoms with Gasteiger partial charge in [-0.05, 0) is 93.0 Å². The van der Waals surface area contributed by atoms with Gasteiger partial charge in [0.15, 0.2) is 0 Å². The summed E-state index contributed by atoms with van der Waals surface area (Å²) < 4.78 is 50.0. The molecule has 61 heavy (non-hydrogen) atoms. The number of halogens is 1. The Morgan fingerprint density at radius 3 is 1.72 bits per heavy atom. The summed E-state index contributed by atoms with van der Waals surface area (Å²) in [4.78, 5) is 25.2. The number of hydrogen-bond acceptors (Lipinski definition) is 13. The molecule has 2 unspecified atom stereocenters. The largest absolute Gasteiger partial charge is 0.385 e. The van der Waals surface area contributed by atoms with E-state index >= 15 is 0 Å². The molecule has 0 amide bonds. The third kappa shape index (κ3) is 9.63. The van der Waals surface area contributed by atoms with Crippen molar-refractivity contribution in [2.75, 3.05) is 84.5 Å². The summed E-state index contributed by atoms with van der Waals surface area (Å²) in [5.41, 5.74) is 3.61. The summed E-state index contributed by atoms with van der Waals surface area (Å²) in [6.07, 6.45) is 8.32. The molecule has 2 aromatic heterocycles. The molecule has 4 saturated heterocycles. The van der Waals surface area contributed by atoms with Crippen LogP contribution in [0.3, 0.4) is 0 Å². The molecule has 0 bridgehead atoms. The standard InChI is InChI=1S/C23H29FN4O3S.C22H28N4O2S/c1-15-12-16(14-17(24)13-15)23(29)5-7-28(8-6-23)22-26-19-4-11-32(30)20(19)21(27-22)25-18-2-9-31-10-3-18;27-29-15-10-19-20(29)21(23-18-8-13-28-14-9-18)25-22(24-19)26-11-6-17(7-12-26)16-4-2-1-3-5-16/h12-14,18,29H,2-11H2,1H3,(H,25,26,27);1-5,17-18H,6-15H2,(H,23,24,25). The smallest absolute Gasteiger partial charge is 0.227 e. The number of hydrogen-bond donors (Lipinski definition) is 3. The van der Waals surface area contributed by atoms with Crippen LogP contribution >= 0.6 is 0 Å². The Kier molecular flexibility index (Phi) is 13.0. The quantitative estimate of drug-likeness (QED) is 0.196. The number of ether oxygens (including phenoxy) is 2. The van der Waals surface area contributed by atoms with Gasteiger partial charge in [-0.15, -0.1) is 0 Å².